The normalized spacial score (nSPS) is 49.7. The Kier molecular flexibility index (Phi) is 2.25. The third kappa shape index (κ3) is 1.14. The van der Waals surface area contributed by atoms with E-state index in [4.69, 9.17) is 9.29 Å². The maximum Gasteiger partial charge on any atom is 0.392 e. The number of hydrogen-bond acceptors (Lipinski definition) is 4. The lowest BCUT2D eigenvalue weighted by Gasteiger charge is -2.91. The summed E-state index contributed by atoms with van der Waals surface area (Å²) in [5.74, 6) is 1.75. The maximum absolute atomic E-state index is 13.1. The predicted octanol–water partition coefficient (Wildman–Crippen LogP) is 1.24. The third-order valence-corrected chi connectivity index (χ3v) is 7.38. The van der Waals surface area contributed by atoms with E-state index in [9.17, 15) is 22.3 Å². The van der Waals surface area contributed by atoms with Crippen LogP contribution in [0.5, 0.6) is 0 Å². The number of hydrogen-bond donors (Lipinski definition) is 2. The molecule has 4 saturated carbocycles. The molecule has 0 aromatic carbocycles. The predicted molar refractivity (Wildman–Crippen MR) is 62.3 cm³/mol. The van der Waals surface area contributed by atoms with Gasteiger partial charge in [-0.2, -0.15) is 17.2 Å². The van der Waals surface area contributed by atoms with Crippen molar-refractivity contribution in [3.05, 3.63) is 0 Å². The molecule has 0 radical (unpaired) electrons. The zero-order valence-corrected chi connectivity index (χ0v) is 11.4. The van der Waals surface area contributed by atoms with Crippen LogP contribution in [0.15, 0.2) is 0 Å². The average molecular weight is 310 g/mol. The van der Waals surface area contributed by atoms with Crippen molar-refractivity contribution in [3.63, 3.8) is 0 Å². The molecule has 3 unspecified atom stereocenters. The topological polar surface area (TPSA) is 83.8 Å². The van der Waals surface area contributed by atoms with Gasteiger partial charge in [0.05, 0.1) is 0 Å². The third-order valence-electron chi connectivity index (χ3n) is 6.51. The smallest absolute Gasteiger partial charge is 0.367 e. The fourth-order valence-electron chi connectivity index (χ4n) is 5.85. The molecule has 0 aliphatic heterocycles. The molecule has 8 heteroatoms. The van der Waals surface area contributed by atoms with Gasteiger partial charge in [0.15, 0.2) is 6.29 Å². The number of aliphatic hydroxyl groups is 1. The fraction of sp³-hybridized carbons (Fsp3) is 1.00. The van der Waals surface area contributed by atoms with Crippen LogP contribution in [0.3, 0.4) is 0 Å². The lowest BCUT2D eigenvalue weighted by atomic mass is 9.13. The molecule has 0 saturated heterocycles. The monoisotopic (exact) mass is 310 g/mol. The molecule has 20 heavy (non-hydrogen) atoms. The summed E-state index contributed by atoms with van der Waals surface area (Å²) in [5.41, 5.74) is -0.349. The van der Waals surface area contributed by atoms with Crippen LogP contribution < -0.4 is 0 Å². The van der Waals surface area contributed by atoms with Crippen LogP contribution in [0.25, 0.3) is 0 Å². The van der Waals surface area contributed by atoms with Gasteiger partial charge in [-0.15, -0.1) is 0 Å². The molecule has 0 aromatic heterocycles. The summed E-state index contributed by atoms with van der Waals surface area (Å²) in [6.45, 7) is -1.51. The van der Waals surface area contributed by atoms with Crippen molar-refractivity contribution in [2.24, 2.45) is 28.6 Å². The Labute approximate surface area is 115 Å². The van der Waals surface area contributed by atoms with Crippen molar-refractivity contribution in [1.29, 1.82) is 0 Å². The highest BCUT2D eigenvalue weighted by atomic mass is 32.2. The minimum Gasteiger partial charge on any atom is -0.367 e. The van der Waals surface area contributed by atoms with Crippen molar-refractivity contribution in [2.75, 3.05) is 6.61 Å². The first-order valence-electron chi connectivity index (χ1n) is 6.80. The van der Waals surface area contributed by atoms with Gasteiger partial charge in [0.2, 0.25) is 0 Å². The standard InChI is InChI=1S/C12H16F2O5S/c13-11(14,20(16,17)18)5-19-9(15)10-3-7-1-6-2-8(4-10)12(6,7)10/h6-9,15H,1-5H2,(H,16,17,18). The van der Waals surface area contributed by atoms with E-state index >= 15 is 0 Å². The van der Waals surface area contributed by atoms with Crippen LogP contribution in [0.2, 0.25) is 0 Å². The lowest BCUT2D eigenvalue weighted by Crippen LogP contribution is -2.87. The van der Waals surface area contributed by atoms with E-state index < -0.39 is 33.7 Å². The molecule has 0 heterocycles. The highest BCUT2D eigenvalue weighted by Crippen LogP contribution is 2.93. The summed E-state index contributed by atoms with van der Waals surface area (Å²) in [7, 11) is -5.51. The quantitative estimate of drug-likeness (QED) is 0.589. The summed E-state index contributed by atoms with van der Waals surface area (Å²) in [6, 6.07) is 0. The van der Waals surface area contributed by atoms with Gasteiger partial charge >= 0.3 is 15.4 Å². The van der Waals surface area contributed by atoms with Crippen molar-refractivity contribution >= 4 is 10.1 Å². The first-order chi connectivity index (χ1) is 9.15. The first kappa shape index (κ1) is 13.4. The molecule has 4 aliphatic carbocycles. The molecule has 3 atom stereocenters. The largest absolute Gasteiger partial charge is 0.392 e. The Bertz CT molecular complexity index is 549. The van der Waals surface area contributed by atoms with E-state index in [0.29, 0.717) is 17.8 Å². The Morgan fingerprint density at radius 1 is 1.25 bits per heavy atom. The Balaban J connectivity index is 1.44. The molecule has 0 aromatic rings. The van der Waals surface area contributed by atoms with Gasteiger partial charge < -0.3 is 9.84 Å². The van der Waals surface area contributed by atoms with Gasteiger partial charge in [-0.05, 0) is 48.9 Å². The second-order valence-corrected chi connectivity index (χ2v) is 8.38. The van der Waals surface area contributed by atoms with Crippen molar-refractivity contribution in [1.82, 2.24) is 0 Å². The van der Waals surface area contributed by atoms with E-state index in [1.165, 1.54) is 0 Å². The molecule has 2 N–H and O–H groups in total. The molecule has 4 rings (SSSR count). The fourth-order valence-corrected chi connectivity index (χ4v) is 6.06. The molecule has 0 bridgehead atoms. The zero-order chi connectivity index (χ0) is 14.6. The second-order valence-electron chi connectivity index (χ2n) is 6.84. The summed E-state index contributed by atoms with van der Waals surface area (Å²) >= 11 is 0. The van der Waals surface area contributed by atoms with Crippen LogP contribution in [-0.4, -0.2) is 36.2 Å². The molecule has 5 nitrogen and oxygen atoms in total. The Morgan fingerprint density at radius 3 is 2.20 bits per heavy atom. The molecular weight excluding hydrogens is 294 g/mol. The van der Waals surface area contributed by atoms with Gasteiger partial charge in [-0.25, -0.2) is 0 Å². The number of alkyl halides is 2. The van der Waals surface area contributed by atoms with Crippen LogP contribution >= 0.6 is 0 Å². The second kappa shape index (κ2) is 3.37. The summed E-state index contributed by atoms with van der Waals surface area (Å²) in [5, 5.41) is 5.72. The van der Waals surface area contributed by atoms with E-state index in [2.05, 4.69) is 0 Å². The highest BCUT2D eigenvalue weighted by Gasteiger charge is 2.89. The molecule has 1 spiro atoms. The van der Waals surface area contributed by atoms with Crippen LogP contribution in [0.4, 0.5) is 8.78 Å². The highest BCUT2D eigenvalue weighted by molar-refractivity contribution is 7.86. The summed E-state index contributed by atoms with van der Waals surface area (Å²) in [4.78, 5) is 0. The molecular formula is C12H16F2O5S. The Hall–Kier alpha value is -0.310. The van der Waals surface area contributed by atoms with E-state index in [1.807, 2.05) is 0 Å². The van der Waals surface area contributed by atoms with Gasteiger partial charge in [0.1, 0.15) is 6.61 Å². The van der Waals surface area contributed by atoms with E-state index in [0.717, 1.165) is 25.7 Å². The maximum atomic E-state index is 13.1. The summed E-state index contributed by atoms with van der Waals surface area (Å²) < 4.78 is 60.4. The first-order valence-corrected chi connectivity index (χ1v) is 8.24. The molecule has 0 amide bonds. The molecule has 4 aliphatic rings. The summed E-state index contributed by atoms with van der Waals surface area (Å²) in [6.07, 6.45) is 2.50. The zero-order valence-electron chi connectivity index (χ0n) is 10.6. The van der Waals surface area contributed by atoms with E-state index in [1.54, 1.807) is 0 Å². The minimum atomic E-state index is -5.51. The number of aliphatic hydroxyl groups excluding tert-OH is 1. The van der Waals surface area contributed by atoms with Crippen LogP contribution in [0.1, 0.15) is 25.7 Å². The van der Waals surface area contributed by atoms with Gasteiger partial charge in [-0.1, -0.05) is 0 Å². The number of ether oxygens (including phenoxy) is 1. The lowest BCUT2D eigenvalue weighted by molar-refractivity contribution is -0.476. The van der Waals surface area contributed by atoms with Crippen LogP contribution in [0, 0.1) is 28.6 Å². The Morgan fingerprint density at radius 2 is 1.80 bits per heavy atom. The van der Waals surface area contributed by atoms with Crippen LogP contribution in [-0.2, 0) is 14.9 Å². The average Bonchev–Trinajstić information content (AvgIpc) is 2.20. The molecule has 114 valence electrons. The van der Waals surface area contributed by atoms with Crippen molar-refractivity contribution < 1.29 is 31.6 Å². The van der Waals surface area contributed by atoms with E-state index in [-0.39, 0.29) is 5.41 Å². The number of halogens is 2. The minimum absolute atomic E-state index is 0.0970. The molecule has 4 fully saturated rings. The van der Waals surface area contributed by atoms with Gasteiger partial charge in [0, 0.05) is 5.41 Å². The SMILES string of the molecule is O=S(=O)(O)C(F)(F)COC(O)C12CC3CC4CC(C1)C432. The van der Waals surface area contributed by atoms with Crippen molar-refractivity contribution in [2.45, 2.75) is 37.2 Å². The van der Waals surface area contributed by atoms with Crippen molar-refractivity contribution in [3.8, 4) is 0 Å². The number of rotatable bonds is 5. The van der Waals surface area contributed by atoms with Gasteiger partial charge in [-0.3, -0.25) is 4.55 Å². The van der Waals surface area contributed by atoms with Gasteiger partial charge in [0.25, 0.3) is 0 Å².